The molecule has 5 heteroatoms. The normalized spacial score (nSPS) is 11.6. The summed E-state index contributed by atoms with van der Waals surface area (Å²) in [5.74, 6) is 0. The molecule has 0 amide bonds. The third-order valence-electron chi connectivity index (χ3n) is 2.10. The molecule has 0 unspecified atom stereocenters. The van der Waals surface area contributed by atoms with Crippen LogP contribution in [0.5, 0.6) is 0 Å². The zero-order valence-electron chi connectivity index (χ0n) is 8.26. The van der Waals surface area contributed by atoms with Gasteiger partial charge in [-0.2, -0.15) is 8.42 Å². The van der Waals surface area contributed by atoms with E-state index in [1.807, 2.05) is 0 Å². The molecule has 84 valence electrons. The molecule has 0 aliphatic rings. The molecule has 0 saturated heterocycles. The van der Waals surface area contributed by atoms with Crippen LogP contribution in [0.3, 0.4) is 0 Å². The topological polar surface area (TPSA) is 74.6 Å². The summed E-state index contributed by atoms with van der Waals surface area (Å²) >= 11 is 0. The number of hydrogen-bond acceptors (Lipinski definition) is 3. The third-order valence-corrected chi connectivity index (χ3v) is 3.06. The maximum absolute atomic E-state index is 11.0. The van der Waals surface area contributed by atoms with Crippen molar-refractivity contribution >= 4 is 10.1 Å². The summed E-state index contributed by atoms with van der Waals surface area (Å²) in [4.78, 5) is -0.0389. The van der Waals surface area contributed by atoms with Crippen molar-refractivity contribution in [3.63, 3.8) is 0 Å². The number of unbranched alkanes of at least 4 members (excludes halogenated alkanes) is 1. The largest absolute Gasteiger partial charge is 0.396 e. The number of hydrogen-bond donors (Lipinski definition) is 2. The molecule has 0 aliphatic heterocycles. The van der Waals surface area contributed by atoms with Gasteiger partial charge in [-0.05, 0) is 30.9 Å². The Bertz CT molecular complexity index is 411. The molecule has 15 heavy (non-hydrogen) atoms. The molecule has 0 saturated carbocycles. The van der Waals surface area contributed by atoms with Gasteiger partial charge in [0.2, 0.25) is 0 Å². The number of rotatable bonds is 5. The molecule has 0 bridgehead atoms. The smallest absolute Gasteiger partial charge is 0.294 e. The van der Waals surface area contributed by atoms with Crippen molar-refractivity contribution < 1.29 is 18.1 Å². The maximum atomic E-state index is 11.0. The van der Waals surface area contributed by atoms with Gasteiger partial charge < -0.3 is 5.11 Å². The highest BCUT2D eigenvalue weighted by atomic mass is 32.2. The molecule has 4 nitrogen and oxygen atoms in total. The van der Waals surface area contributed by atoms with E-state index in [0.29, 0.717) is 24.8 Å². The van der Waals surface area contributed by atoms with Crippen LogP contribution in [0.4, 0.5) is 0 Å². The lowest BCUT2D eigenvalue weighted by Gasteiger charge is -2.05. The van der Waals surface area contributed by atoms with Crippen LogP contribution < -0.4 is 0 Å². The van der Waals surface area contributed by atoms with Gasteiger partial charge in [0.1, 0.15) is 0 Å². The minimum absolute atomic E-state index is 0.0389. The fourth-order valence-electron chi connectivity index (χ4n) is 1.39. The highest BCUT2D eigenvalue weighted by molar-refractivity contribution is 7.85. The van der Waals surface area contributed by atoms with Crippen LogP contribution >= 0.6 is 0 Å². The van der Waals surface area contributed by atoms with E-state index in [1.165, 1.54) is 6.07 Å². The van der Waals surface area contributed by atoms with Crippen molar-refractivity contribution in [2.24, 2.45) is 0 Å². The summed E-state index contributed by atoms with van der Waals surface area (Å²) in [6.07, 6.45) is 1.86. The Labute approximate surface area is 89.3 Å². The van der Waals surface area contributed by atoms with Gasteiger partial charge >= 0.3 is 0 Å². The summed E-state index contributed by atoms with van der Waals surface area (Å²) in [6, 6.07) is 6.34. The zero-order valence-corrected chi connectivity index (χ0v) is 9.07. The predicted molar refractivity (Wildman–Crippen MR) is 56.3 cm³/mol. The summed E-state index contributed by atoms with van der Waals surface area (Å²) in [6.45, 7) is 0.0913. The molecule has 0 aromatic heterocycles. The van der Waals surface area contributed by atoms with Crippen LogP contribution in [0.25, 0.3) is 0 Å². The molecule has 0 fully saturated rings. The predicted octanol–water partition coefficient (Wildman–Crippen LogP) is 1.25. The molecule has 1 rings (SSSR count). The Kier molecular flexibility index (Phi) is 4.26. The summed E-state index contributed by atoms with van der Waals surface area (Å²) in [5.41, 5.74) is 0.591. The molecule has 1 aromatic carbocycles. The molecule has 1 aromatic rings. The zero-order chi connectivity index (χ0) is 11.3. The Hall–Kier alpha value is -0.910. The first kappa shape index (κ1) is 12.2. The first-order valence-corrected chi connectivity index (χ1v) is 6.16. The lowest BCUT2D eigenvalue weighted by Crippen LogP contribution is -2.03. The fourth-order valence-corrected chi connectivity index (χ4v) is 2.14. The molecule has 0 radical (unpaired) electrons. The van der Waals surface area contributed by atoms with E-state index in [9.17, 15) is 8.42 Å². The van der Waals surface area contributed by atoms with E-state index >= 15 is 0 Å². The van der Waals surface area contributed by atoms with Crippen molar-refractivity contribution in [1.82, 2.24) is 0 Å². The van der Waals surface area contributed by atoms with Gasteiger partial charge in [-0.1, -0.05) is 18.2 Å². The van der Waals surface area contributed by atoms with Gasteiger partial charge in [0.15, 0.2) is 0 Å². The lowest BCUT2D eigenvalue weighted by atomic mass is 10.1. The van der Waals surface area contributed by atoms with E-state index in [4.69, 9.17) is 9.66 Å². The average molecular weight is 230 g/mol. The number of aliphatic hydroxyl groups excluding tert-OH is 1. The lowest BCUT2D eigenvalue weighted by molar-refractivity contribution is 0.284. The van der Waals surface area contributed by atoms with Gasteiger partial charge in [-0.15, -0.1) is 0 Å². The van der Waals surface area contributed by atoms with Crippen LogP contribution in [0.1, 0.15) is 18.4 Å². The van der Waals surface area contributed by atoms with E-state index in [0.717, 1.165) is 0 Å². The van der Waals surface area contributed by atoms with Crippen molar-refractivity contribution in [3.05, 3.63) is 29.8 Å². The Balaban J connectivity index is 2.88. The second kappa shape index (κ2) is 5.25. The highest BCUT2D eigenvalue weighted by Crippen LogP contribution is 2.17. The fraction of sp³-hybridized carbons (Fsp3) is 0.400. The van der Waals surface area contributed by atoms with Gasteiger partial charge in [0, 0.05) is 6.61 Å². The molecule has 0 spiro atoms. The molecule has 0 heterocycles. The van der Waals surface area contributed by atoms with Crippen LogP contribution in [-0.2, 0) is 16.5 Å². The van der Waals surface area contributed by atoms with Gasteiger partial charge in [0.25, 0.3) is 10.1 Å². The van der Waals surface area contributed by atoms with E-state index in [-0.39, 0.29) is 11.5 Å². The van der Waals surface area contributed by atoms with Crippen LogP contribution in [0.2, 0.25) is 0 Å². The van der Waals surface area contributed by atoms with E-state index in [1.54, 1.807) is 18.2 Å². The van der Waals surface area contributed by atoms with E-state index in [2.05, 4.69) is 0 Å². The van der Waals surface area contributed by atoms with Gasteiger partial charge in [-0.25, -0.2) is 0 Å². The van der Waals surface area contributed by atoms with Gasteiger partial charge in [-0.3, -0.25) is 4.55 Å². The molecule has 2 N–H and O–H groups in total. The SMILES string of the molecule is O=S(=O)(O)c1ccccc1CCCCO. The molecule has 0 atom stereocenters. The monoisotopic (exact) mass is 230 g/mol. The summed E-state index contributed by atoms with van der Waals surface area (Å²) < 4.78 is 30.9. The quantitative estimate of drug-likeness (QED) is 0.589. The Morgan fingerprint density at radius 3 is 2.40 bits per heavy atom. The first-order chi connectivity index (χ1) is 7.05. The second-order valence-electron chi connectivity index (χ2n) is 3.26. The summed E-state index contributed by atoms with van der Waals surface area (Å²) in [5, 5.41) is 8.61. The van der Waals surface area contributed by atoms with Crippen molar-refractivity contribution in [1.29, 1.82) is 0 Å². The minimum atomic E-state index is -4.13. The summed E-state index contributed by atoms with van der Waals surface area (Å²) in [7, 11) is -4.13. The van der Waals surface area contributed by atoms with E-state index < -0.39 is 10.1 Å². The molecular weight excluding hydrogens is 216 g/mol. The maximum Gasteiger partial charge on any atom is 0.294 e. The second-order valence-corrected chi connectivity index (χ2v) is 4.65. The van der Waals surface area contributed by atoms with Crippen LogP contribution in [0.15, 0.2) is 29.2 Å². The third kappa shape index (κ3) is 3.62. The van der Waals surface area contributed by atoms with Crippen molar-refractivity contribution in [3.8, 4) is 0 Å². The number of aryl methyl sites for hydroxylation is 1. The minimum Gasteiger partial charge on any atom is -0.396 e. The Morgan fingerprint density at radius 1 is 1.13 bits per heavy atom. The van der Waals surface area contributed by atoms with Crippen LogP contribution in [0, 0.1) is 0 Å². The Morgan fingerprint density at radius 2 is 1.80 bits per heavy atom. The van der Waals surface area contributed by atoms with Crippen LogP contribution in [-0.4, -0.2) is 24.7 Å². The van der Waals surface area contributed by atoms with Crippen molar-refractivity contribution in [2.45, 2.75) is 24.2 Å². The molecular formula is C10H14O4S. The number of benzene rings is 1. The standard InChI is InChI=1S/C10H14O4S/c11-8-4-3-6-9-5-1-2-7-10(9)15(12,13)14/h1-2,5,7,11H,3-4,6,8H2,(H,12,13,14). The average Bonchev–Trinajstić information content (AvgIpc) is 2.17. The number of aliphatic hydroxyl groups is 1. The molecule has 0 aliphatic carbocycles. The first-order valence-electron chi connectivity index (χ1n) is 4.72. The van der Waals surface area contributed by atoms with Crippen molar-refractivity contribution in [2.75, 3.05) is 6.61 Å². The highest BCUT2D eigenvalue weighted by Gasteiger charge is 2.13. The van der Waals surface area contributed by atoms with Gasteiger partial charge in [0.05, 0.1) is 4.90 Å².